The minimum absolute atomic E-state index is 1.10. The highest BCUT2D eigenvalue weighted by molar-refractivity contribution is 5.52. The molecule has 0 saturated heterocycles. The van der Waals surface area contributed by atoms with Gasteiger partial charge in [0.25, 0.3) is 0 Å². The molecule has 0 spiro atoms. The molecule has 1 aliphatic rings. The van der Waals surface area contributed by atoms with Crippen molar-refractivity contribution in [3.8, 4) is 24.3 Å². The standard InChI is InChI=1S/C12H4F4N4/c13-9-7(5(1-17)2-18)10(14)12(16)8(11(9)15)6(3-19)4-20/h5,7,9,11H. The Labute approximate surface area is 111 Å². The van der Waals surface area contributed by atoms with E-state index in [0.29, 0.717) is 0 Å². The summed E-state index contributed by atoms with van der Waals surface area (Å²) in [6, 6.07) is 4.75. The maximum absolute atomic E-state index is 13.8. The molecule has 0 bridgehead atoms. The Kier molecular flexibility index (Phi) is 4.46. The molecule has 0 aromatic rings. The Morgan fingerprint density at radius 3 is 1.90 bits per heavy atom. The molecule has 0 heterocycles. The van der Waals surface area contributed by atoms with Crippen molar-refractivity contribution >= 4 is 0 Å². The quantitative estimate of drug-likeness (QED) is 0.544. The molecular weight excluding hydrogens is 276 g/mol. The Balaban J connectivity index is 3.57. The molecule has 0 aromatic heterocycles. The fourth-order valence-corrected chi connectivity index (χ4v) is 1.79. The van der Waals surface area contributed by atoms with Crippen LogP contribution in [-0.2, 0) is 0 Å². The van der Waals surface area contributed by atoms with Crippen molar-refractivity contribution < 1.29 is 17.6 Å². The molecule has 1 rings (SSSR count). The van der Waals surface area contributed by atoms with Crippen LogP contribution in [0.3, 0.4) is 0 Å². The Bertz CT molecular complexity index is 623. The van der Waals surface area contributed by atoms with Crippen LogP contribution in [0, 0.1) is 57.2 Å². The summed E-state index contributed by atoms with van der Waals surface area (Å²) >= 11 is 0. The monoisotopic (exact) mass is 280 g/mol. The lowest BCUT2D eigenvalue weighted by Crippen LogP contribution is -2.38. The van der Waals surface area contributed by atoms with Crippen molar-refractivity contribution in [2.45, 2.75) is 12.3 Å². The van der Waals surface area contributed by atoms with E-state index >= 15 is 0 Å². The van der Waals surface area contributed by atoms with E-state index in [1.807, 2.05) is 0 Å². The van der Waals surface area contributed by atoms with E-state index in [-0.39, 0.29) is 0 Å². The van der Waals surface area contributed by atoms with Gasteiger partial charge >= 0.3 is 0 Å². The van der Waals surface area contributed by atoms with Crippen LogP contribution in [0.25, 0.3) is 0 Å². The van der Waals surface area contributed by atoms with Crippen molar-refractivity contribution in [3.05, 3.63) is 22.8 Å². The molecule has 4 nitrogen and oxygen atoms in total. The smallest absolute Gasteiger partial charge is 0.163 e. The van der Waals surface area contributed by atoms with E-state index in [2.05, 4.69) is 0 Å². The van der Waals surface area contributed by atoms with Gasteiger partial charge in [-0.3, -0.25) is 0 Å². The summed E-state index contributed by atoms with van der Waals surface area (Å²) in [5.74, 6) is -7.92. The molecule has 3 unspecified atom stereocenters. The molecule has 0 N–H and O–H groups in total. The minimum atomic E-state index is -2.81. The first-order valence-corrected chi connectivity index (χ1v) is 5.11. The van der Waals surface area contributed by atoms with Crippen molar-refractivity contribution in [1.29, 1.82) is 21.0 Å². The number of rotatable bonds is 1. The van der Waals surface area contributed by atoms with E-state index in [4.69, 9.17) is 21.0 Å². The van der Waals surface area contributed by atoms with Crippen molar-refractivity contribution in [2.24, 2.45) is 11.8 Å². The lowest BCUT2D eigenvalue weighted by molar-refractivity contribution is 0.109. The largest absolute Gasteiger partial charge is 0.243 e. The van der Waals surface area contributed by atoms with Crippen LogP contribution in [0.15, 0.2) is 22.8 Å². The maximum Gasteiger partial charge on any atom is 0.163 e. The third kappa shape index (κ3) is 2.20. The molecule has 0 amide bonds. The summed E-state index contributed by atoms with van der Waals surface area (Å²) in [4.78, 5) is 0. The van der Waals surface area contributed by atoms with Crippen LogP contribution >= 0.6 is 0 Å². The van der Waals surface area contributed by atoms with E-state index in [9.17, 15) is 17.6 Å². The second-order valence-electron chi connectivity index (χ2n) is 3.78. The summed E-state index contributed by atoms with van der Waals surface area (Å²) in [7, 11) is 0. The fourth-order valence-electron chi connectivity index (χ4n) is 1.79. The van der Waals surface area contributed by atoms with Crippen LogP contribution in [0.2, 0.25) is 0 Å². The molecule has 0 aromatic carbocycles. The number of nitriles is 4. The first-order chi connectivity index (χ1) is 9.44. The van der Waals surface area contributed by atoms with E-state index in [1.54, 1.807) is 0 Å². The molecule has 3 atom stereocenters. The number of allylic oxidation sites excluding steroid dienone is 4. The van der Waals surface area contributed by atoms with E-state index in [1.165, 1.54) is 12.1 Å². The van der Waals surface area contributed by atoms with Gasteiger partial charge in [-0.1, -0.05) is 0 Å². The van der Waals surface area contributed by atoms with Gasteiger partial charge in [0.2, 0.25) is 0 Å². The van der Waals surface area contributed by atoms with Gasteiger partial charge in [0, 0.05) is 0 Å². The zero-order valence-electron chi connectivity index (χ0n) is 9.61. The van der Waals surface area contributed by atoms with Gasteiger partial charge in [-0.2, -0.15) is 21.0 Å². The topological polar surface area (TPSA) is 95.2 Å². The van der Waals surface area contributed by atoms with Crippen molar-refractivity contribution in [1.82, 2.24) is 0 Å². The Morgan fingerprint density at radius 2 is 1.50 bits per heavy atom. The second kappa shape index (κ2) is 5.87. The molecule has 0 fully saturated rings. The summed E-state index contributed by atoms with van der Waals surface area (Å²) in [5.41, 5.74) is -2.43. The van der Waals surface area contributed by atoms with Crippen molar-refractivity contribution in [3.63, 3.8) is 0 Å². The first kappa shape index (κ1) is 15.2. The van der Waals surface area contributed by atoms with Crippen LogP contribution in [0.4, 0.5) is 17.6 Å². The minimum Gasteiger partial charge on any atom is -0.243 e. The van der Waals surface area contributed by atoms with Gasteiger partial charge < -0.3 is 0 Å². The van der Waals surface area contributed by atoms with Crippen LogP contribution in [0.5, 0.6) is 0 Å². The summed E-state index contributed by atoms with van der Waals surface area (Å²) in [6.07, 6.45) is -5.55. The molecule has 1 aliphatic carbocycles. The third-order valence-corrected chi connectivity index (χ3v) is 2.77. The molecule has 8 heteroatoms. The van der Waals surface area contributed by atoms with Crippen LogP contribution in [0.1, 0.15) is 0 Å². The highest BCUT2D eigenvalue weighted by Gasteiger charge is 2.48. The number of alkyl halides is 2. The number of nitrogens with zero attached hydrogens (tertiary/aromatic N) is 4. The Morgan fingerprint density at radius 1 is 1.00 bits per heavy atom. The average Bonchev–Trinajstić information content (AvgIpc) is 2.46. The maximum atomic E-state index is 13.8. The Hall–Kier alpha value is -2.84. The molecule has 0 aliphatic heterocycles. The highest BCUT2D eigenvalue weighted by atomic mass is 19.2. The van der Waals surface area contributed by atoms with Gasteiger partial charge in [-0.15, -0.1) is 0 Å². The predicted molar refractivity (Wildman–Crippen MR) is 55.5 cm³/mol. The zero-order valence-corrected chi connectivity index (χ0v) is 9.61. The van der Waals surface area contributed by atoms with Crippen LogP contribution < -0.4 is 0 Å². The van der Waals surface area contributed by atoms with Crippen LogP contribution in [-0.4, -0.2) is 12.3 Å². The predicted octanol–water partition coefficient (Wildman–Crippen LogP) is 2.45. The highest BCUT2D eigenvalue weighted by Crippen LogP contribution is 2.43. The average molecular weight is 280 g/mol. The lowest BCUT2D eigenvalue weighted by atomic mass is 9.79. The number of hydrogen-bond acceptors (Lipinski definition) is 4. The lowest BCUT2D eigenvalue weighted by Gasteiger charge is -2.29. The first-order valence-electron chi connectivity index (χ1n) is 5.11. The molecular formula is C12H4F4N4. The van der Waals surface area contributed by atoms with Gasteiger partial charge in [0.1, 0.15) is 35.6 Å². The number of hydrogen-bond donors (Lipinski definition) is 0. The van der Waals surface area contributed by atoms with E-state index < -0.39 is 47.0 Å². The van der Waals surface area contributed by atoms with Gasteiger partial charge in [0.05, 0.1) is 23.6 Å². The summed E-state index contributed by atoms with van der Waals surface area (Å²) < 4.78 is 55.0. The normalized spacial score (nSPS) is 25.4. The molecule has 20 heavy (non-hydrogen) atoms. The third-order valence-electron chi connectivity index (χ3n) is 2.77. The molecule has 0 saturated carbocycles. The number of halogens is 4. The summed E-state index contributed by atoms with van der Waals surface area (Å²) in [5, 5.41) is 34.2. The zero-order chi connectivity index (χ0) is 15.4. The summed E-state index contributed by atoms with van der Waals surface area (Å²) in [6.45, 7) is 0. The van der Waals surface area contributed by atoms with Crippen molar-refractivity contribution in [2.75, 3.05) is 0 Å². The second-order valence-corrected chi connectivity index (χ2v) is 3.78. The molecule has 0 radical (unpaired) electrons. The van der Waals surface area contributed by atoms with Gasteiger partial charge in [-0.25, -0.2) is 17.6 Å². The SMILES string of the molecule is N#CC(C#N)=C1C(F)=C(F)C(C(C#N)C#N)C(F)C1F. The van der Waals surface area contributed by atoms with E-state index in [0.717, 1.165) is 12.1 Å². The fraction of sp³-hybridized carbons (Fsp3) is 0.333. The van der Waals surface area contributed by atoms with Gasteiger partial charge in [0.15, 0.2) is 12.0 Å². The van der Waals surface area contributed by atoms with Gasteiger partial charge in [-0.05, 0) is 0 Å². The molecule has 100 valence electrons.